The lowest BCUT2D eigenvalue weighted by Crippen LogP contribution is -2.19. The van der Waals surface area contributed by atoms with Crippen LogP contribution < -0.4 is 10.6 Å². The lowest BCUT2D eigenvalue weighted by molar-refractivity contribution is 0.585. The molecule has 0 fully saturated rings. The highest BCUT2D eigenvalue weighted by Gasteiger charge is 2.06. The summed E-state index contributed by atoms with van der Waals surface area (Å²) in [5.41, 5.74) is 6.50. The van der Waals surface area contributed by atoms with Gasteiger partial charge in [0.1, 0.15) is 0 Å². The predicted octanol–water partition coefficient (Wildman–Crippen LogP) is 2.08. The Balaban J connectivity index is 2.47. The Morgan fingerprint density at radius 1 is 1.57 bits per heavy atom. The predicted molar refractivity (Wildman–Crippen MR) is 62.7 cm³/mol. The fourth-order valence-electron chi connectivity index (χ4n) is 1.11. The van der Waals surface area contributed by atoms with Crippen LogP contribution in [0.15, 0.2) is 5.38 Å². The molecule has 0 amide bonds. The third-order valence-electron chi connectivity index (χ3n) is 2.12. The number of rotatable bonds is 5. The Kier molecular flexibility index (Phi) is 4.35. The van der Waals surface area contributed by atoms with Gasteiger partial charge in [0, 0.05) is 25.5 Å². The molecule has 4 heteroatoms. The number of hydrogen-bond acceptors (Lipinski definition) is 4. The van der Waals surface area contributed by atoms with Crippen molar-refractivity contribution in [3.05, 3.63) is 11.1 Å². The normalized spacial score (nSPS) is 10.9. The Hall–Kier alpha value is -0.610. The molecule has 0 aliphatic carbocycles. The van der Waals surface area contributed by atoms with E-state index in [1.54, 1.807) is 11.3 Å². The van der Waals surface area contributed by atoms with Crippen LogP contribution in [0.5, 0.6) is 0 Å². The molecule has 1 rings (SSSR count). The van der Waals surface area contributed by atoms with Gasteiger partial charge in [-0.05, 0) is 12.3 Å². The van der Waals surface area contributed by atoms with Gasteiger partial charge in [-0.2, -0.15) is 0 Å². The summed E-state index contributed by atoms with van der Waals surface area (Å²) in [4.78, 5) is 6.62. The third-order valence-corrected chi connectivity index (χ3v) is 3.12. The molecule has 1 aromatic heterocycles. The summed E-state index contributed by atoms with van der Waals surface area (Å²) in [6.45, 7) is 6.08. The van der Waals surface area contributed by atoms with Gasteiger partial charge in [0.25, 0.3) is 0 Å². The average molecular weight is 213 g/mol. The third kappa shape index (κ3) is 3.27. The molecule has 0 aliphatic rings. The first kappa shape index (κ1) is 11.5. The van der Waals surface area contributed by atoms with Crippen molar-refractivity contribution in [2.45, 2.75) is 26.8 Å². The van der Waals surface area contributed by atoms with Crippen LogP contribution in [0.3, 0.4) is 0 Å². The second-order valence-corrected chi connectivity index (χ2v) is 4.77. The molecule has 0 unspecified atom stereocenters. The van der Waals surface area contributed by atoms with Crippen molar-refractivity contribution in [2.24, 2.45) is 11.7 Å². The van der Waals surface area contributed by atoms with Crippen LogP contribution in [0.1, 0.15) is 26.0 Å². The first-order valence-electron chi connectivity index (χ1n) is 4.99. The van der Waals surface area contributed by atoms with Crippen LogP contribution in [-0.4, -0.2) is 18.6 Å². The summed E-state index contributed by atoms with van der Waals surface area (Å²) in [6.07, 6.45) is 1.20. The minimum atomic E-state index is 0.536. The quantitative estimate of drug-likeness (QED) is 0.814. The molecule has 0 atom stereocenters. The fourth-order valence-corrected chi connectivity index (χ4v) is 1.94. The molecule has 0 saturated carbocycles. The largest absolute Gasteiger partial charge is 0.351 e. The van der Waals surface area contributed by atoms with Gasteiger partial charge in [-0.3, -0.25) is 0 Å². The highest BCUT2D eigenvalue weighted by molar-refractivity contribution is 7.13. The fraction of sp³-hybridized carbons (Fsp3) is 0.700. The summed E-state index contributed by atoms with van der Waals surface area (Å²) < 4.78 is 0. The van der Waals surface area contributed by atoms with Crippen LogP contribution in [0.2, 0.25) is 0 Å². The van der Waals surface area contributed by atoms with E-state index in [-0.39, 0.29) is 0 Å². The Labute approximate surface area is 89.9 Å². The molecule has 0 aliphatic heterocycles. The van der Waals surface area contributed by atoms with Gasteiger partial charge < -0.3 is 10.6 Å². The zero-order valence-electron chi connectivity index (χ0n) is 9.16. The van der Waals surface area contributed by atoms with Gasteiger partial charge in [0.2, 0.25) is 0 Å². The van der Waals surface area contributed by atoms with Crippen LogP contribution in [0, 0.1) is 5.92 Å². The highest BCUT2D eigenvalue weighted by atomic mass is 32.1. The van der Waals surface area contributed by atoms with Gasteiger partial charge >= 0.3 is 0 Å². The summed E-state index contributed by atoms with van der Waals surface area (Å²) in [5, 5.41) is 3.10. The van der Waals surface area contributed by atoms with E-state index in [1.807, 2.05) is 5.38 Å². The molecule has 0 saturated heterocycles. The summed E-state index contributed by atoms with van der Waals surface area (Å²) >= 11 is 1.67. The van der Waals surface area contributed by atoms with Gasteiger partial charge in [0.05, 0.1) is 5.69 Å². The Morgan fingerprint density at radius 2 is 2.29 bits per heavy atom. The first-order valence-corrected chi connectivity index (χ1v) is 5.87. The number of aromatic nitrogens is 1. The molecule has 2 N–H and O–H groups in total. The molecule has 1 aromatic rings. The van der Waals surface area contributed by atoms with E-state index in [9.17, 15) is 0 Å². The van der Waals surface area contributed by atoms with Crippen molar-refractivity contribution in [3.8, 4) is 0 Å². The molecule has 0 radical (unpaired) electrons. The summed E-state index contributed by atoms with van der Waals surface area (Å²) in [6, 6.07) is 0. The molecule has 80 valence electrons. The van der Waals surface area contributed by atoms with Crippen molar-refractivity contribution < 1.29 is 0 Å². The van der Waals surface area contributed by atoms with Crippen molar-refractivity contribution in [1.82, 2.24) is 4.98 Å². The van der Waals surface area contributed by atoms with E-state index >= 15 is 0 Å². The minimum absolute atomic E-state index is 0.536. The van der Waals surface area contributed by atoms with Crippen LogP contribution >= 0.6 is 11.3 Å². The molecule has 0 aromatic carbocycles. The lowest BCUT2D eigenvalue weighted by Gasteiger charge is -2.16. The van der Waals surface area contributed by atoms with Gasteiger partial charge in [-0.1, -0.05) is 13.8 Å². The van der Waals surface area contributed by atoms with Crippen molar-refractivity contribution in [1.29, 1.82) is 0 Å². The van der Waals surface area contributed by atoms with Crippen molar-refractivity contribution in [2.75, 3.05) is 18.5 Å². The molecule has 1 heterocycles. The first-order chi connectivity index (χ1) is 6.63. The number of thiazole rings is 1. The number of anilines is 1. The van der Waals surface area contributed by atoms with Gasteiger partial charge in [0.15, 0.2) is 5.13 Å². The van der Waals surface area contributed by atoms with Gasteiger partial charge in [-0.25, -0.2) is 4.98 Å². The number of nitrogens with two attached hydrogens (primary N) is 1. The molecular weight excluding hydrogens is 194 g/mol. The summed E-state index contributed by atoms with van der Waals surface area (Å²) in [7, 11) is 2.08. The molecule has 0 spiro atoms. The van der Waals surface area contributed by atoms with Crippen molar-refractivity contribution >= 4 is 16.5 Å². The van der Waals surface area contributed by atoms with E-state index in [0.717, 1.165) is 23.3 Å². The van der Waals surface area contributed by atoms with E-state index < -0.39 is 0 Å². The standard InChI is InChI=1S/C10H19N3S/c1-8(2)4-5-13(3)10-12-9(6-11)7-14-10/h7-8H,4-6,11H2,1-3H3. The highest BCUT2D eigenvalue weighted by Crippen LogP contribution is 2.19. The van der Waals surface area contributed by atoms with Crippen LogP contribution in [0.25, 0.3) is 0 Å². The zero-order chi connectivity index (χ0) is 10.6. The van der Waals surface area contributed by atoms with Crippen LogP contribution in [0.4, 0.5) is 5.13 Å². The SMILES string of the molecule is CC(C)CCN(C)c1nc(CN)cs1. The molecular formula is C10H19N3S. The van der Waals surface area contributed by atoms with Gasteiger partial charge in [-0.15, -0.1) is 11.3 Å². The van der Waals surface area contributed by atoms with E-state index in [0.29, 0.717) is 6.54 Å². The van der Waals surface area contributed by atoms with E-state index in [2.05, 4.69) is 30.8 Å². The second-order valence-electron chi connectivity index (χ2n) is 3.93. The smallest absolute Gasteiger partial charge is 0.185 e. The number of nitrogens with zero attached hydrogens (tertiary/aromatic N) is 2. The molecule has 0 bridgehead atoms. The Bertz CT molecular complexity index is 270. The lowest BCUT2D eigenvalue weighted by atomic mass is 10.1. The van der Waals surface area contributed by atoms with E-state index in [1.165, 1.54) is 6.42 Å². The topological polar surface area (TPSA) is 42.2 Å². The maximum atomic E-state index is 5.51. The monoisotopic (exact) mass is 213 g/mol. The summed E-state index contributed by atoms with van der Waals surface area (Å²) in [5.74, 6) is 0.742. The molecule has 3 nitrogen and oxygen atoms in total. The Morgan fingerprint density at radius 3 is 2.79 bits per heavy atom. The maximum absolute atomic E-state index is 5.51. The molecule has 14 heavy (non-hydrogen) atoms. The minimum Gasteiger partial charge on any atom is -0.351 e. The maximum Gasteiger partial charge on any atom is 0.185 e. The van der Waals surface area contributed by atoms with Crippen molar-refractivity contribution in [3.63, 3.8) is 0 Å². The van der Waals surface area contributed by atoms with E-state index in [4.69, 9.17) is 5.73 Å². The number of hydrogen-bond donors (Lipinski definition) is 1. The van der Waals surface area contributed by atoms with Crippen LogP contribution in [-0.2, 0) is 6.54 Å². The second kappa shape index (κ2) is 5.32. The zero-order valence-corrected chi connectivity index (χ0v) is 9.97. The average Bonchev–Trinajstić information content (AvgIpc) is 2.62.